The lowest BCUT2D eigenvalue weighted by Gasteiger charge is -2.17. The van der Waals surface area contributed by atoms with E-state index in [0.29, 0.717) is 10.7 Å². The average molecular weight is 278 g/mol. The van der Waals surface area contributed by atoms with Crippen molar-refractivity contribution < 1.29 is 17.1 Å². The van der Waals surface area contributed by atoms with Gasteiger partial charge in [0.2, 0.25) is 5.91 Å². The van der Waals surface area contributed by atoms with Crippen molar-refractivity contribution in [1.29, 1.82) is 0 Å². The summed E-state index contributed by atoms with van der Waals surface area (Å²) in [6.07, 6.45) is -0.343. The third-order valence-corrected chi connectivity index (χ3v) is 4.06. The fourth-order valence-corrected chi connectivity index (χ4v) is 2.67. The van der Waals surface area contributed by atoms with Gasteiger partial charge in [0.25, 0.3) is 0 Å². The van der Waals surface area contributed by atoms with E-state index in [9.17, 15) is 17.1 Å². The molecule has 0 saturated carbocycles. The predicted octanol–water partition coefficient (Wildman–Crippen LogP) is 1.74. The Morgan fingerprint density at radius 1 is 1.35 bits per heavy atom. The molecule has 1 unspecified atom stereocenters. The van der Waals surface area contributed by atoms with Crippen molar-refractivity contribution in [3.05, 3.63) is 29.3 Å². The molecule has 92 valence electrons. The van der Waals surface area contributed by atoms with Gasteiger partial charge in [0.05, 0.1) is 10.7 Å². The van der Waals surface area contributed by atoms with Crippen LogP contribution in [0, 0.1) is 0 Å². The second-order valence-electron chi connectivity index (χ2n) is 3.76. The lowest BCUT2D eigenvalue weighted by Crippen LogP contribution is -2.27. The number of para-hydroxylation sites is 1. The molecule has 7 heteroatoms. The van der Waals surface area contributed by atoms with E-state index in [2.05, 4.69) is 0 Å². The number of nitrogens with zero attached hydrogens (tertiary/aromatic N) is 1. The number of anilines is 1. The summed E-state index contributed by atoms with van der Waals surface area (Å²) in [6, 6.07) is 6.54. The maximum absolute atomic E-state index is 12.8. The van der Waals surface area contributed by atoms with Gasteiger partial charge in [-0.2, -0.15) is 8.42 Å². The third-order valence-electron chi connectivity index (χ3n) is 2.63. The molecule has 1 amide bonds. The molecule has 1 aromatic carbocycles. The zero-order chi connectivity index (χ0) is 12.6. The quantitative estimate of drug-likeness (QED) is 0.774. The van der Waals surface area contributed by atoms with E-state index >= 15 is 0 Å². The Morgan fingerprint density at radius 3 is 2.53 bits per heavy atom. The van der Waals surface area contributed by atoms with Gasteiger partial charge >= 0.3 is 10.2 Å². The Hall–Kier alpha value is -1.14. The lowest BCUT2D eigenvalue weighted by molar-refractivity contribution is -0.117. The molecular formula is C10H9ClFNO3S. The predicted molar refractivity (Wildman–Crippen MR) is 62.2 cm³/mol. The van der Waals surface area contributed by atoms with E-state index in [1.165, 1.54) is 4.90 Å². The van der Waals surface area contributed by atoms with Crippen LogP contribution in [0.4, 0.5) is 9.57 Å². The minimum absolute atomic E-state index is 0.193. The van der Waals surface area contributed by atoms with Gasteiger partial charge in [-0.05, 0) is 12.1 Å². The molecule has 1 saturated heterocycles. The van der Waals surface area contributed by atoms with Crippen molar-refractivity contribution in [3.8, 4) is 0 Å². The Kier molecular flexibility index (Phi) is 3.09. The van der Waals surface area contributed by atoms with Gasteiger partial charge in [0.15, 0.2) is 0 Å². The van der Waals surface area contributed by atoms with Crippen molar-refractivity contribution in [2.75, 3.05) is 11.4 Å². The van der Waals surface area contributed by atoms with Crippen molar-refractivity contribution in [1.82, 2.24) is 0 Å². The molecule has 17 heavy (non-hydrogen) atoms. The van der Waals surface area contributed by atoms with Crippen molar-refractivity contribution in [2.45, 2.75) is 11.7 Å². The summed E-state index contributed by atoms with van der Waals surface area (Å²) in [5.74, 6) is -0.440. The summed E-state index contributed by atoms with van der Waals surface area (Å²) >= 11 is 5.89. The van der Waals surface area contributed by atoms with E-state index in [1.807, 2.05) is 0 Å². The number of hydrogen-bond acceptors (Lipinski definition) is 3. The highest BCUT2D eigenvalue weighted by molar-refractivity contribution is 7.87. The fourth-order valence-electron chi connectivity index (χ4n) is 1.77. The first kappa shape index (κ1) is 12.3. The number of halogens is 2. The first-order chi connectivity index (χ1) is 7.89. The molecular weight excluding hydrogens is 269 g/mol. The number of carbonyl (C=O) groups is 1. The minimum atomic E-state index is -4.69. The molecule has 0 N–H and O–H groups in total. The second-order valence-corrected chi connectivity index (χ2v) is 5.78. The molecule has 4 nitrogen and oxygen atoms in total. The highest BCUT2D eigenvalue weighted by Gasteiger charge is 2.39. The molecule has 1 aliphatic rings. The molecule has 0 radical (unpaired) electrons. The second kappa shape index (κ2) is 4.27. The molecule has 0 bridgehead atoms. The van der Waals surface area contributed by atoms with Gasteiger partial charge in [0.1, 0.15) is 5.25 Å². The first-order valence-corrected chi connectivity index (χ1v) is 6.70. The molecule has 1 fully saturated rings. The summed E-state index contributed by atoms with van der Waals surface area (Å²) in [5.41, 5.74) is 0.408. The first-order valence-electron chi connectivity index (χ1n) is 4.88. The third kappa shape index (κ3) is 2.42. The van der Waals surface area contributed by atoms with Gasteiger partial charge in [-0.25, -0.2) is 0 Å². The summed E-state index contributed by atoms with van der Waals surface area (Å²) in [7, 11) is -4.69. The minimum Gasteiger partial charge on any atom is -0.309 e. The van der Waals surface area contributed by atoms with Crippen LogP contribution < -0.4 is 4.90 Å². The van der Waals surface area contributed by atoms with Gasteiger partial charge in [0, 0.05) is 13.0 Å². The highest BCUT2D eigenvalue weighted by atomic mass is 35.5. The van der Waals surface area contributed by atoms with Crippen LogP contribution in [-0.4, -0.2) is 26.1 Å². The van der Waals surface area contributed by atoms with E-state index < -0.39 is 21.4 Å². The van der Waals surface area contributed by atoms with Crippen LogP contribution in [0.5, 0.6) is 0 Å². The van der Waals surface area contributed by atoms with Crippen LogP contribution >= 0.6 is 11.6 Å². The number of amides is 1. The molecule has 0 aromatic heterocycles. The van der Waals surface area contributed by atoms with Crippen LogP contribution in [-0.2, 0) is 15.0 Å². The average Bonchev–Trinajstić information content (AvgIpc) is 2.61. The Labute approximate surface area is 103 Å². The molecule has 1 heterocycles. The van der Waals surface area contributed by atoms with Crippen LogP contribution in [0.1, 0.15) is 6.42 Å². The van der Waals surface area contributed by atoms with Crippen LogP contribution in [0.25, 0.3) is 0 Å². The number of carbonyl (C=O) groups excluding carboxylic acids is 1. The van der Waals surface area contributed by atoms with Crippen molar-refractivity contribution in [2.24, 2.45) is 0 Å². The number of rotatable bonds is 2. The smallest absolute Gasteiger partial charge is 0.307 e. The zero-order valence-electron chi connectivity index (χ0n) is 8.64. The van der Waals surface area contributed by atoms with E-state index in [1.54, 1.807) is 24.3 Å². The van der Waals surface area contributed by atoms with E-state index in [-0.39, 0.29) is 13.0 Å². The summed E-state index contributed by atoms with van der Waals surface area (Å²) in [4.78, 5) is 12.8. The molecule has 1 aliphatic heterocycles. The van der Waals surface area contributed by atoms with Crippen LogP contribution in [0.3, 0.4) is 0 Å². The largest absolute Gasteiger partial charge is 0.309 e. The van der Waals surface area contributed by atoms with E-state index in [4.69, 9.17) is 11.6 Å². The lowest BCUT2D eigenvalue weighted by atomic mass is 10.3. The Morgan fingerprint density at radius 2 is 2.00 bits per heavy atom. The normalized spacial score (nSPS) is 20.9. The number of hydrogen-bond donors (Lipinski definition) is 0. The monoisotopic (exact) mass is 277 g/mol. The molecule has 1 atom stereocenters. The van der Waals surface area contributed by atoms with Gasteiger partial charge in [-0.15, -0.1) is 3.89 Å². The van der Waals surface area contributed by atoms with Crippen molar-refractivity contribution in [3.63, 3.8) is 0 Å². The molecule has 1 aromatic rings. The van der Waals surface area contributed by atoms with Gasteiger partial charge < -0.3 is 4.90 Å². The summed E-state index contributed by atoms with van der Waals surface area (Å²) in [6.45, 7) is -0.193. The summed E-state index contributed by atoms with van der Waals surface area (Å²) in [5, 5.41) is -0.968. The molecule has 2 rings (SSSR count). The standard InChI is InChI=1S/C10H9ClFNO3S/c11-8-3-1-2-4-9(8)13-6-7(5-10(13)14)17(12,15)16/h1-4,7H,5-6H2. The Balaban J connectivity index is 2.31. The SMILES string of the molecule is O=C1CC(S(=O)(=O)F)CN1c1ccccc1Cl. The highest BCUT2D eigenvalue weighted by Crippen LogP contribution is 2.31. The van der Waals surface area contributed by atoms with Crippen LogP contribution in [0.2, 0.25) is 5.02 Å². The topological polar surface area (TPSA) is 54.5 Å². The maximum atomic E-state index is 12.8. The van der Waals surface area contributed by atoms with Crippen LogP contribution in [0.15, 0.2) is 24.3 Å². The van der Waals surface area contributed by atoms with E-state index in [0.717, 1.165) is 0 Å². The fraction of sp³-hybridized carbons (Fsp3) is 0.300. The number of benzene rings is 1. The Bertz CT molecular complexity index is 560. The van der Waals surface area contributed by atoms with Gasteiger partial charge in [-0.3, -0.25) is 4.79 Å². The zero-order valence-corrected chi connectivity index (χ0v) is 10.2. The summed E-state index contributed by atoms with van der Waals surface area (Å²) < 4.78 is 34.3. The maximum Gasteiger partial charge on any atom is 0.307 e. The van der Waals surface area contributed by atoms with Crippen molar-refractivity contribution >= 4 is 33.4 Å². The molecule has 0 spiro atoms. The van der Waals surface area contributed by atoms with Gasteiger partial charge in [-0.1, -0.05) is 23.7 Å². The molecule has 0 aliphatic carbocycles.